The quantitative estimate of drug-likeness (QED) is 0.0531. The van der Waals surface area contributed by atoms with E-state index in [1.165, 1.54) is 13.8 Å². The lowest BCUT2D eigenvalue weighted by Crippen LogP contribution is -2.78. The van der Waals surface area contributed by atoms with E-state index < -0.39 is 119 Å². The number of nitrogens with one attached hydrogen (secondary N) is 1. The number of aliphatic hydroxyl groups excluding tert-OH is 1. The molecule has 0 spiro atoms. The van der Waals surface area contributed by atoms with Crippen LogP contribution in [0.25, 0.3) is 0 Å². The summed E-state index contributed by atoms with van der Waals surface area (Å²) < 4.78 is 30.7. The molecule has 1 aliphatic heterocycles. The van der Waals surface area contributed by atoms with Crippen molar-refractivity contribution in [2.75, 3.05) is 6.61 Å². The van der Waals surface area contributed by atoms with Crippen molar-refractivity contribution in [1.82, 2.24) is 5.32 Å². The molecule has 362 valence electrons. The molecular weight excluding hydrogens is 877 g/mol. The average molecular weight is 937 g/mol. The molecule has 3 aliphatic carbocycles. The number of amides is 1. The van der Waals surface area contributed by atoms with Gasteiger partial charge in [-0.1, -0.05) is 99.6 Å². The van der Waals surface area contributed by atoms with Crippen LogP contribution in [0.4, 0.5) is 0 Å². The van der Waals surface area contributed by atoms with E-state index in [-0.39, 0.29) is 37.2 Å². The molecule has 3 aromatic carbocycles. The Kier molecular flexibility index (Phi) is 14.3. The summed E-state index contributed by atoms with van der Waals surface area (Å²) in [5.41, 5.74) is 1.37. The van der Waals surface area contributed by atoms with E-state index in [9.17, 15) is 39.0 Å². The number of hydrogen-bond donors (Lipinski definition) is 4. The maximum atomic E-state index is 15.1. The van der Waals surface area contributed by atoms with Crippen LogP contribution in [-0.4, -0.2) is 106 Å². The molecule has 7 rings (SSSR count). The maximum absolute atomic E-state index is 15.1. The van der Waals surface area contributed by atoms with E-state index in [2.05, 4.69) is 5.32 Å². The van der Waals surface area contributed by atoms with E-state index >= 15 is 4.79 Å². The molecule has 1 saturated heterocycles. The summed E-state index contributed by atoms with van der Waals surface area (Å²) in [5, 5.41) is 29.1. The fourth-order valence-electron chi connectivity index (χ4n) is 11.6. The molecule has 11 unspecified atom stereocenters. The molecule has 3 aromatic rings. The molecule has 3 fully saturated rings. The van der Waals surface area contributed by atoms with Gasteiger partial charge in [0.2, 0.25) is 6.10 Å². The van der Waals surface area contributed by atoms with Crippen molar-refractivity contribution in [2.45, 2.75) is 127 Å². The SMILES string of the molecule is CC(=O)OC1C[C@]2(C)C(O)CC3OCC3(OC(C)=O)C2C(CC(=O)c2ccccc2)C2(O)CC(OC(=O)C(OC(=O)C(N)CC=O)C(NC(=O)c3ccccc3)c3ccccc3)C(C)=C1C2(C)C. The first kappa shape index (κ1) is 49.8. The van der Waals surface area contributed by atoms with Crippen molar-refractivity contribution in [3.05, 3.63) is 119 Å². The van der Waals surface area contributed by atoms with Crippen LogP contribution >= 0.6 is 0 Å². The van der Waals surface area contributed by atoms with Gasteiger partial charge in [-0.2, -0.15) is 0 Å². The summed E-state index contributed by atoms with van der Waals surface area (Å²) in [6.45, 7) is 9.30. The Morgan fingerprint density at radius 3 is 2.00 bits per heavy atom. The number of ketones is 1. The zero-order valence-electron chi connectivity index (χ0n) is 39.0. The molecule has 16 heteroatoms. The zero-order chi connectivity index (χ0) is 49.3. The maximum Gasteiger partial charge on any atom is 0.350 e. The number of nitrogens with two attached hydrogens (primary N) is 1. The van der Waals surface area contributed by atoms with E-state index in [0.29, 0.717) is 28.6 Å². The van der Waals surface area contributed by atoms with Crippen LogP contribution in [0.15, 0.2) is 102 Å². The minimum absolute atomic E-state index is 0.0342. The van der Waals surface area contributed by atoms with Crippen molar-refractivity contribution >= 4 is 41.9 Å². The van der Waals surface area contributed by atoms with Gasteiger partial charge in [-0.05, 0) is 42.2 Å². The minimum Gasteiger partial charge on any atom is -0.458 e. The van der Waals surface area contributed by atoms with E-state index in [1.807, 2.05) is 0 Å². The molecule has 68 heavy (non-hydrogen) atoms. The minimum atomic E-state index is -2.11. The molecule has 0 aromatic heterocycles. The fourth-order valence-corrected chi connectivity index (χ4v) is 11.6. The van der Waals surface area contributed by atoms with E-state index in [1.54, 1.807) is 119 Å². The third kappa shape index (κ3) is 9.14. The Bertz CT molecular complexity index is 2440. The number of aldehydes is 1. The Morgan fingerprint density at radius 2 is 1.44 bits per heavy atom. The molecule has 1 amide bonds. The summed E-state index contributed by atoms with van der Waals surface area (Å²) in [6, 6.07) is 21.9. The van der Waals surface area contributed by atoms with Gasteiger partial charge in [0.25, 0.3) is 5.91 Å². The third-order valence-electron chi connectivity index (χ3n) is 14.9. The predicted octanol–water partition coefficient (Wildman–Crippen LogP) is 4.69. The molecule has 2 bridgehead atoms. The lowest BCUT2D eigenvalue weighted by Gasteiger charge is -2.69. The highest BCUT2D eigenvalue weighted by molar-refractivity contribution is 5.96. The van der Waals surface area contributed by atoms with Crippen LogP contribution in [0, 0.1) is 22.7 Å². The van der Waals surface area contributed by atoms with Gasteiger partial charge in [0.15, 0.2) is 11.4 Å². The molecule has 16 nitrogen and oxygen atoms in total. The fraction of sp³-hybridized carbons (Fsp3) is 0.481. The standard InChI is InChI=1S/C52H60N2O14/c1-29-38(66-48(62)44(67-47(61)36(53)22-23-55)43(33-18-12-8-13-19-33)54-46(60)34-20-14-9-15-21-34)27-52(63)35(24-37(58)32-16-10-7-11-17-32)45-50(6,26-39(65-30(2)56)42(29)49(52,4)5)40(59)25-41-51(45,28-64-41)68-31(3)57/h7-21,23,35-36,38-41,43-45,59,63H,22,24-28,53H2,1-6H3,(H,54,60)/t35?,36?,38?,39?,40?,41?,43?,44?,45?,50-,51?,52?/m1/s1. The predicted molar refractivity (Wildman–Crippen MR) is 243 cm³/mol. The number of hydrogen-bond acceptors (Lipinski definition) is 15. The first-order valence-electron chi connectivity index (χ1n) is 22.9. The molecule has 1 heterocycles. The van der Waals surface area contributed by atoms with Crippen molar-refractivity contribution in [1.29, 1.82) is 0 Å². The number of ether oxygens (including phenoxy) is 5. The van der Waals surface area contributed by atoms with E-state index in [0.717, 1.165) is 0 Å². The largest absolute Gasteiger partial charge is 0.458 e. The van der Waals surface area contributed by atoms with Gasteiger partial charge in [-0.25, -0.2) is 4.79 Å². The first-order valence-corrected chi connectivity index (χ1v) is 22.9. The molecule has 12 atom stereocenters. The topological polar surface area (TPSA) is 244 Å². The number of aliphatic hydroxyl groups is 2. The first-order chi connectivity index (χ1) is 32.2. The van der Waals surface area contributed by atoms with Crippen molar-refractivity contribution in [3.63, 3.8) is 0 Å². The number of carbonyl (C=O) groups excluding carboxylic acids is 7. The number of rotatable bonds is 15. The van der Waals surface area contributed by atoms with Gasteiger partial charge < -0.3 is 49.7 Å². The average Bonchev–Trinajstić information content (AvgIpc) is 3.29. The lowest BCUT2D eigenvalue weighted by atomic mass is 9.42. The van der Waals surface area contributed by atoms with Gasteiger partial charge in [-0.15, -0.1) is 0 Å². The number of Topliss-reactive ketones (excluding diaryl/α,β-unsaturated/α-hetero) is 1. The highest BCUT2D eigenvalue weighted by atomic mass is 16.6. The smallest absolute Gasteiger partial charge is 0.350 e. The second kappa shape index (κ2) is 19.5. The van der Waals surface area contributed by atoms with Crippen LogP contribution < -0.4 is 11.1 Å². The third-order valence-corrected chi connectivity index (χ3v) is 14.9. The van der Waals surface area contributed by atoms with Crippen molar-refractivity contribution < 1.29 is 67.5 Å². The van der Waals surface area contributed by atoms with Crippen molar-refractivity contribution in [3.8, 4) is 0 Å². The summed E-state index contributed by atoms with van der Waals surface area (Å²) in [7, 11) is 0. The Morgan fingerprint density at radius 1 is 0.838 bits per heavy atom. The van der Waals surface area contributed by atoms with Gasteiger partial charge in [0.1, 0.15) is 36.7 Å². The monoisotopic (exact) mass is 936 g/mol. The van der Waals surface area contributed by atoms with Gasteiger partial charge >= 0.3 is 23.9 Å². The summed E-state index contributed by atoms with van der Waals surface area (Å²) in [5.74, 6) is -6.86. The van der Waals surface area contributed by atoms with Gasteiger partial charge in [0.05, 0.1) is 18.3 Å². The Labute approximate surface area is 394 Å². The highest BCUT2D eigenvalue weighted by Crippen LogP contribution is 2.67. The van der Waals surface area contributed by atoms with Crippen LogP contribution in [0.3, 0.4) is 0 Å². The lowest BCUT2D eigenvalue weighted by molar-refractivity contribution is -0.347. The second-order valence-electron chi connectivity index (χ2n) is 19.4. The van der Waals surface area contributed by atoms with Crippen LogP contribution in [-0.2, 0) is 47.7 Å². The molecule has 5 N–H and O–H groups in total. The van der Waals surface area contributed by atoms with Crippen LogP contribution in [0.5, 0.6) is 0 Å². The Balaban J connectivity index is 1.41. The molecular formula is C52H60N2O14. The normalized spacial score (nSPS) is 30.4. The second-order valence-corrected chi connectivity index (χ2v) is 19.4. The summed E-state index contributed by atoms with van der Waals surface area (Å²) in [6.07, 6.45) is -7.31. The number of benzene rings is 3. The Hall–Kier alpha value is -6.07. The molecule has 2 saturated carbocycles. The van der Waals surface area contributed by atoms with Crippen LogP contribution in [0.1, 0.15) is 106 Å². The molecule has 4 aliphatic rings. The van der Waals surface area contributed by atoms with E-state index in [4.69, 9.17) is 29.4 Å². The number of carbonyl (C=O) groups is 7. The van der Waals surface area contributed by atoms with Gasteiger partial charge in [-0.3, -0.25) is 24.0 Å². The highest BCUT2D eigenvalue weighted by Gasteiger charge is 2.75. The number of fused-ring (bicyclic) bond motifs is 5. The summed E-state index contributed by atoms with van der Waals surface area (Å²) in [4.78, 5) is 95.0. The van der Waals surface area contributed by atoms with Crippen molar-refractivity contribution in [2.24, 2.45) is 28.4 Å². The zero-order valence-corrected chi connectivity index (χ0v) is 39.0. The molecule has 0 radical (unpaired) electrons. The number of esters is 4. The summed E-state index contributed by atoms with van der Waals surface area (Å²) >= 11 is 0. The van der Waals surface area contributed by atoms with Crippen LogP contribution in [0.2, 0.25) is 0 Å². The van der Waals surface area contributed by atoms with Gasteiger partial charge in [0, 0.05) is 73.3 Å².